The molecule has 0 unspecified atom stereocenters. The van der Waals surface area contributed by atoms with E-state index in [1.54, 1.807) is 23.7 Å². The monoisotopic (exact) mass is 248 g/mol. The van der Waals surface area contributed by atoms with Crippen LogP contribution in [0.3, 0.4) is 0 Å². The predicted molar refractivity (Wildman–Crippen MR) is 68.0 cm³/mol. The number of benzene rings is 1. The lowest BCUT2D eigenvalue weighted by Crippen LogP contribution is -1.99. The molecule has 0 aliphatic rings. The summed E-state index contributed by atoms with van der Waals surface area (Å²) in [5, 5.41) is 8.14. The summed E-state index contributed by atoms with van der Waals surface area (Å²) in [6, 6.07) is 4.90. The van der Waals surface area contributed by atoms with Crippen LogP contribution in [-0.4, -0.2) is 21.5 Å². The number of hydrogen-bond acceptors (Lipinski definition) is 3. The quantitative estimate of drug-likeness (QED) is 0.823. The summed E-state index contributed by atoms with van der Waals surface area (Å²) in [5.74, 6) is -0.206. The Balaban J connectivity index is 2.11. The van der Waals surface area contributed by atoms with Crippen molar-refractivity contribution in [2.45, 2.75) is 26.2 Å². The molecule has 2 N–H and O–H groups in total. The molecule has 2 rings (SSSR count). The zero-order chi connectivity index (χ0) is 13.0. The topological polar surface area (TPSA) is 56.7 Å². The zero-order valence-electron chi connectivity index (χ0n) is 10.4. The zero-order valence-corrected chi connectivity index (χ0v) is 10.4. The Bertz CT molecular complexity index is 521. The maximum atomic E-state index is 13.2. The van der Waals surface area contributed by atoms with Gasteiger partial charge in [-0.2, -0.15) is 0 Å². The molecular formula is C13H17FN4. The smallest absolute Gasteiger partial charge is 0.126 e. The third kappa shape index (κ3) is 2.92. The Morgan fingerprint density at radius 3 is 2.89 bits per heavy atom. The van der Waals surface area contributed by atoms with E-state index in [4.69, 9.17) is 5.73 Å². The Kier molecular flexibility index (Phi) is 4.04. The molecule has 0 saturated carbocycles. The van der Waals surface area contributed by atoms with Gasteiger partial charge in [0.05, 0.1) is 17.6 Å². The third-order valence-electron chi connectivity index (χ3n) is 2.83. The lowest BCUT2D eigenvalue weighted by molar-refractivity contribution is 0.617. The van der Waals surface area contributed by atoms with Gasteiger partial charge in [-0.15, -0.1) is 5.10 Å². The number of unbranched alkanes of at least 4 members (excludes halogenated alkanes) is 1. The van der Waals surface area contributed by atoms with Crippen molar-refractivity contribution in [2.75, 3.05) is 6.54 Å². The highest BCUT2D eigenvalue weighted by Crippen LogP contribution is 2.13. The fourth-order valence-electron chi connectivity index (χ4n) is 1.76. The molecule has 18 heavy (non-hydrogen) atoms. The van der Waals surface area contributed by atoms with Crippen molar-refractivity contribution in [3.8, 4) is 5.69 Å². The van der Waals surface area contributed by atoms with Crippen molar-refractivity contribution >= 4 is 0 Å². The molecule has 1 aromatic heterocycles. The minimum Gasteiger partial charge on any atom is -0.330 e. The van der Waals surface area contributed by atoms with E-state index in [-0.39, 0.29) is 5.82 Å². The molecule has 0 spiro atoms. The van der Waals surface area contributed by atoms with Gasteiger partial charge in [0.25, 0.3) is 0 Å². The van der Waals surface area contributed by atoms with Crippen LogP contribution in [0.1, 0.15) is 24.1 Å². The SMILES string of the molecule is Cc1cc(-n2cc(CCCCN)nn2)ccc1F. The van der Waals surface area contributed by atoms with Gasteiger partial charge in [-0.1, -0.05) is 5.21 Å². The molecule has 0 fully saturated rings. The summed E-state index contributed by atoms with van der Waals surface area (Å²) in [4.78, 5) is 0. The van der Waals surface area contributed by atoms with Gasteiger partial charge in [0.15, 0.2) is 0 Å². The van der Waals surface area contributed by atoms with Crippen LogP contribution in [0.25, 0.3) is 5.69 Å². The molecule has 0 atom stereocenters. The number of aromatic nitrogens is 3. The number of nitrogens with zero attached hydrogens (tertiary/aromatic N) is 3. The second-order valence-corrected chi connectivity index (χ2v) is 4.33. The van der Waals surface area contributed by atoms with Gasteiger partial charge in [-0.25, -0.2) is 9.07 Å². The summed E-state index contributed by atoms with van der Waals surface area (Å²) in [6.07, 6.45) is 4.75. The van der Waals surface area contributed by atoms with Crippen LogP contribution in [-0.2, 0) is 6.42 Å². The molecule has 0 amide bonds. The standard InChI is InChI=1S/C13H17FN4/c1-10-8-12(5-6-13(10)14)18-9-11(16-17-18)4-2-3-7-15/h5-6,8-9H,2-4,7,15H2,1H3. The van der Waals surface area contributed by atoms with Gasteiger partial charge in [-0.05, 0) is 56.5 Å². The average molecular weight is 248 g/mol. The highest BCUT2D eigenvalue weighted by molar-refractivity contribution is 5.35. The van der Waals surface area contributed by atoms with Crippen LogP contribution >= 0.6 is 0 Å². The van der Waals surface area contributed by atoms with Crippen LogP contribution < -0.4 is 5.73 Å². The summed E-state index contributed by atoms with van der Waals surface area (Å²) in [7, 11) is 0. The van der Waals surface area contributed by atoms with Gasteiger partial charge in [0, 0.05) is 0 Å². The number of halogens is 1. The fraction of sp³-hybridized carbons (Fsp3) is 0.385. The van der Waals surface area contributed by atoms with Gasteiger partial charge in [0.1, 0.15) is 5.82 Å². The van der Waals surface area contributed by atoms with Crippen molar-refractivity contribution < 1.29 is 4.39 Å². The fourth-order valence-corrected chi connectivity index (χ4v) is 1.76. The van der Waals surface area contributed by atoms with Gasteiger partial charge >= 0.3 is 0 Å². The lowest BCUT2D eigenvalue weighted by Gasteiger charge is -2.02. The first-order valence-corrected chi connectivity index (χ1v) is 6.08. The molecule has 0 saturated heterocycles. The van der Waals surface area contributed by atoms with Gasteiger partial charge < -0.3 is 5.73 Å². The van der Waals surface area contributed by atoms with Crippen molar-refractivity contribution in [1.29, 1.82) is 0 Å². The first-order chi connectivity index (χ1) is 8.70. The maximum absolute atomic E-state index is 13.2. The maximum Gasteiger partial charge on any atom is 0.126 e. The summed E-state index contributed by atoms with van der Waals surface area (Å²) < 4.78 is 14.8. The molecule has 0 radical (unpaired) electrons. The highest BCUT2D eigenvalue weighted by atomic mass is 19.1. The molecule has 0 aliphatic heterocycles. The molecule has 96 valence electrons. The minimum absolute atomic E-state index is 0.206. The van der Waals surface area contributed by atoms with Gasteiger partial charge in [-0.3, -0.25) is 0 Å². The van der Waals surface area contributed by atoms with E-state index in [1.165, 1.54) is 6.07 Å². The van der Waals surface area contributed by atoms with E-state index < -0.39 is 0 Å². The van der Waals surface area contributed by atoms with E-state index in [0.29, 0.717) is 12.1 Å². The number of aryl methyl sites for hydroxylation is 2. The Morgan fingerprint density at radius 2 is 2.17 bits per heavy atom. The van der Waals surface area contributed by atoms with E-state index in [2.05, 4.69) is 10.3 Å². The molecule has 1 heterocycles. The number of nitrogens with two attached hydrogens (primary N) is 1. The van der Waals surface area contributed by atoms with Crippen LogP contribution in [0.2, 0.25) is 0 Å². The molecular weight excluding hydrogens is 231 g/mol. The third-order valence-corrected chi connectivity index (χ3v) is 2.83. The molecule has 5 heteroatoms. The summed E-state index contributed by atoms with van der Waals surface area (Å²) in [6.45, 7) is 2.43. The van der Waals surface area contributed by atoms with Crippen LogP contribution in [0.4, 0.5) is 4.39 Å². The van der Waals surface area contributed by atoms with Crippen molar-refractivity contribution in [3.63, 3.8) is 0 Å². The van der Waals surface area contributed by atoms with Crippen molar-refractivity contribution in [3.05, 3.63) is 41.5 Å². The summed E-state index contributed by atoms with van der Waals surface area (Å²) in [5.41, 5.74) is 7.81. The summed E-state index contributed by atoms with van der Waals surface area (Å²) >= 11 is 0. The van der Waals surface area contributed by atoms with Crippen LogP contribution in [0, 0.1) is 12.7 Å². The largest absolute Gasteiger partial charge is 0.330 e. The van der Waals surface area contributed by atoms with Crippen LogP contribution in [0.5, 0.6) is 0 Å². The lowest BCUT2D eigenvalue weighted by atomic mass is 10.2. The minimum atomic E-state index is -0.206. The molecule has 0 bridgehead atoms. The Morgan fingerprint density at radius 1 is 1.33 bits per heavy atom. The first kappa shape index (κ1) is 12.7. The highest BCUT2D eigenvalue weighted by Gasteiger charge is 2.04. The predicted octanol–water partition coefficient (Wildman–Crippen LogP) is 2.00. The van der Waals surface area contributed by atoms with E-state index in [1.807, 2.05) is 6.20 Å². The van der Waals surface area contributed by atoms with Crippen molar-refractivity contribution in [2.24, 2.45) is 5.73 Å². The average Bonchev–Trinajstić information content (AvgIpc) is 2.82. The number of hydrogen-bond donors (Lipinski definition) is 1. The molecule has 1 aromatic carbocycles. The first-order valence-electron chi connectivity index (χ1n) is 6.08. The molecule has 4 nitrogen and oxygen atoms in total. The normalized spacial score (nSPS) is 10.8. The second-order valence-electron chi connectivity index (χ2n) is 4.33. The van der Waals surface area contributed by atoms with Gasteiger partial charge in [0.2, 0.25) is 0 Å². The van der Waals surface area contributed by atoms with E-state index >= 15 is 0 Å². The van der Waals surface area contributed by atoms with E-state index in [9.17, 15) is 4.39 Å². The molecule has 2 aromatic rings. The van der Waals surface area contributed by atoms with Crippen molar-refractivity contribution in [1.82, 2.24) is 15.0 Å². The van der Waals surface area contributed by atoms with E-state index in [0.717, 1.165) is 30.6 Å². The van der Waals surface area contributed by atoms with Crippen LogP contribution in [0.15, 0.2) is 24.4 Å². The second kappa shape index (κ2) is 5.73. The number of rotatable bonds is 5. The Hall–Kier alpha value is -1.75. The Labute approximate surface area is 106 Å². The molecule has 0 aliphatic carbocycles.